The highest BCUT2D eigenvalue weighted by Crippen LogP contribution is 2.12. The van der Waals surface area contributed by atoms with E-state index >= 15 is 0 Å². The van der Waals surface area contributed by atoms with Crippen molar-refractivity contribution in [2.45, 2.75) is 39.5 Å². The molecule has 0 aromatic carbocycles. The van der Waals surface area contributed by atoms with Gasteiger partial charge in [-0.1, -0.05) is 33.1 Å². The third kappa shape index (κ3) is 12.1. The Balaban J connectivity index is 3.24. The van der Waals surface area contributed by atoms with Gasteiger partial charge in [-0.3, -0.25) is 0 Å². The number of nitrogens with one attached hydrogen (secondary N) is 1. The van der Waals surface area contributed by atoms with E-state index in [0.717, 1.165) is 38.8 Å². The van der Waals surface area contributed by atoms with E-state index in [4.69, 9.17) is 4.74 Å². The van der Waals surface area contributed by atoms with E-state index in [9.17, 15) is 0 Å². The van der Waals surface area contributed by atoms with Crippen molar-refractivity contribution in [1.82, 2.24) is 10.2 Å². The number of ether oxygens (including phenoxy) is 1. The largest absolute Gasteiger partial charge is 0.380 e. The van der Waals surface area contributed by atoms with Crippen molar-refractivity contribution in [3.63, 3.8) is 0 Å². The molecule has 1 N–H and O–H groups in total. The predicted octanol–water partition coefficient (Wildman–Crippen LogP) is 2.37. The molecular formula is C14H32N2O. The molecule has 17 heavy (non-hydrogen) atoms. The lowest BCUT2D eigenvalue weighted by molar-refractivity contribution is 0.0955. The van der Waals surface area contributed by atoms with Gasteiger partial charge in [0.1, 0.15) is 0 Å². The maximum Gasteiger partial charge on any atom is 0.0591 e. The van der Waals surface area contributed by atoms with Crippen LogP contribution in [0.5, 0.6) is 0 Å². The summed E-state index contributed by atoms with van der Waals surface area (Å²) in [6, 6.07) is 0. The van der Waals surface area contributed by atoms with Crippen LogP contribution in [0, 0.1) is 5.92 Å². The molecule has 3 heteroatoms. The molecule has 0 amide bonds. The molecule has 1 atom stereocenters. The highest BCUT2D eigenvalue weighted by Gasteiger charge is 2.05. The van der Waals surface area contributed by atoms with Crippen molar-refractivity contribution in [2.24, 2.45) is 5.92 Å². The SMILES string of the molecule is CCCCC(CC)COCCNCCN(C)C. The van der Waals surface area contributed by atoms with Gasteiger partial charge >= 0.3 is 0 Å². The molecule has 0 bridgehead atoms. The average molecular weight is 244 g/mol. The Bertz CT molecular complexity index is 151. The van der Waals surface area contributed by atoms with Gasteiger partial charge in [-0.15, -0.1) is 0 Å². The summed E-state index contributed by atoms with van der Waals surface area (Å²) in [6.45, 7) is 9.40. The van der Waals surface area contributed by atoms with Crippen molar-refractivity contribution in [2.75, 3.05) is 46.9 Å². The Morgan fingerprint density at radius 2 is 1.94 bits per heavy atom. The van der Waals surface area contributed by atoms with Crippen LogP contribution in [0.25, 0.3) is 0 Å². The Morgan fingerprint density at radius 3 is 2.53 bits per heavy atom. The van der Waals surface area contributed by atoms with Gasteiger partial charge < -0.3 is 15.0 Å². The zero-order valence-electron chi connectivity index (χ0n) is 12.3. The standard InChI is InChI=1S/C14H32N2O/c1-5-7-8-14(6-2)13-17-12-10-15-9-11-16(3)4/h14-15H,5-13H2,1-4H3. The van der Waals surface area contributed by atoms with Gasteiger partial charge in [0.2, 0.25) is 0 Å². The maximum atomic E-state index is 5.71. The third-order valence-corrected chi connectivity index (χ3v) is 3.06. The molecule has 0 aliphatic heterocycles. The second-order valence-electron chi connectivity index (χ2n) is 5.04. The van der Waals surface area contributed by atoms with E-state index in [1.165, 1.54) is 25.7 Å². The van der Waals surface area contributed by atoms with Crippen molar-refractivity contribution in [1.29, 1.82) is 0 Å². The summed E-state index contributed by atoms with van der Waals surface area (Å²) in [5, 5.41) is 3.38. The van der Waals surface area contributed by atoms with Crippen LogP contribution in [-0.2, 0) is 4.74 Å². The molecule has 3 nitrogen and oxygen atoms in total. The van der Waals surface area contributed by atoms with Gasteiger partial charge in [0, 0.05) is 26.2 Å². The predicted molar refractivity (Wildman–Crippen MR) is 75.5 cm³/mol. The number of hydrogen-bond acceptors (Lipinski definition) is 3. The first kappa shape index (κ1) is 16.9. The van der Waals surface area contributed by atoms with E-state index in [0.29, 0.717) is 0 Å². The number of nitrogens with zero attached hydrogens (tertiary/aromatic N) is 1. The molecule has 0 saturated carbocycles. The van der Waals surface area contributed by atoms with Gasteiger partial charge in [0.05, 0.1) is 6.61 Å². The van der Waals surface area contributed by atoms with Crippen molar-refractivity contribution < 1.29 is 4.74 Å². The van der Waals surface area contributed by atoms with E-state index in [2.05, 4.69) is 38.2 Å². The summed E-state index contributed by atoms with van der Waals surface area (Å²) in [6.07, 6.45) is 5.20. The fourth-order valence-electron chi connectivity index (χ4n) is 1.72. The quantitative estimate of drug-likeness (QED) is 0.533. The molecule has 0 rings (SSSR count). The number of hydrogen-bond donors (Lipinski definition) is 1. The zero-order chi connectivity index (χ0) is 12.9. The molecule has 0 fully saturated rings. The van der Waals surface area contributed by atoms with Gasteiger partial charge in [-0.25, -0.2) is 0 Å². The van der Waals surface area contributed by atoms with Crippen LogP contribution in [0.3, 0.4) is 0 Å². The van der Waals surface area contributed by atoms with E-state index < -0.39 is 0 Å². The maximum absolute atomic E-state index is 5.71. The molecule has 0 heterocycles. The van der Waals surface area contributed by atoms with Crippen LogP contribution in [0.15, 0.2) is 0 Å². The van der Waals surface area contributed by atoms with Crippen LogP contribution in [0.2, 0.25) is 0 Å². The minimum Gasteiger partial charge on any atom is -0.380 e. The summed E-state index contributed by atoms with van der Waals surface area (Å²) in [7, 11) is 4.19. The molecule has 0 aromatic heterocycles. The Kier molecular flexibility index (Phi) is 12.3. The Labute approximate surface area is 108 Å². The molecular weight excluding hydrogens is 212 g/mol. The fourth-order valence-corrected chi connectivity index (χ4v) is 1.72. The molecule has 0 aliphatic carbocycles. The first-order chi connectivity index (χ1) is 8.20. The van der Waals surface area contributed by atoms with Crippen LogP contribution >= 0.6 is 0 Å². The third-order valence-electron chi connectivity index (χ3n) is 3.06. The molecule has 0 spiro atoms. The molecule has 104 valence electrons. The van der Waals surface area contributed by atoms with Crippen LogP contribution < -0.4 is 5.32 Å². The van der Waals surface area contributed by atoms with Crippen molar-refractivity contribution in [3.8, 4) is 0 Å². The van der Waals surface area contributed by atoms with E-state index in [1.54, 1.807) is 0 Å². The summed E-state index contributed by atoms with van der Waals surface area (Å²) in [4.78, 5) is 2.19. The molecule has 0 aliphatic rings. The lowest BCUT2D eigenvalue weighted by atomic mass is 10.0. The van der Waals surface area contributed by atoms with Crippen LogP contribution in [-0.4, -0.2) is 51.8 Å². The number of likely N-dealkylation sites (N-methyl/N-ethyl adjacent to an activating group) is 1. The highest BCUT2D eigenvalue weighted by molar-refractivity contribution is 4.56. The summed E-state index contributed by atoms with van der Waals surface area (Å²) < 4.78 is 5.71. The lowest BCUT2D eigenvalue weighted by Crippen LogP contribution is -2.29. The Hall–Kier alpha value is -0.120. The van der Waals surface area contributed by atoms with Crippen molar-refractivity contribution in [3.05, 3.63) is 0 Å². The topological polar surface area (TPSA) is 24.5 Å². The summed E-state index contributed by atoms with van der Waals surface area (Å²) in [5.41, 5.74) is 0. The first-order valence-corrected chi connectivity index (χ1v) is 7.13. The van der Waals surface area contributed by atoms with Gasteiger partial charge in [-0.05, 0) is 26.4 Å². The minimum absolute atomic E-state index is 0.761. The zero-order valence-corrected chi connectivity index (χ0v) is 12.3. The molecule has 1 unspecified atom stereocenters. The summed E-state index contributed by atoms with van der Waals surface area (Å²) in [5.74, 6) is 0.761. The fraction of sp³-hybridized carbons (Fsp3) is 1.00. The van der Waals surface area contributed by atoms with Gasteiger partial charge in [0.25, 0.3) is 0 Å². The molecule has 0 radical (unpaired) electrons. The second kappa shape index (κ2) is 12.3. The summed E-state index contributed by atoms with van der Waals surface area (Å²) >= 11 is 0. The number of unbranched alkanes of at least 4 members (excludes halogenated alkanes) is 1. The van der Waals surface area contributed by atoms with Gasteiger partial charge in [0.15, 0.2) is 0 Å². The monoisotopic (exact) mass is 244 g/mol. The van der Waals surface area contributed by atoms with E-state index in [1.807, 2.05) is 0 Å². The highest BCUT2D eigenvalue weighted by atomic mass is 16.5. The first-order valence-electron chi connectivity index (χ1n) is 7.13. The molecule has 0 saturated heterocycles. The van der Waals surface area contributed by atoms with Gasteiger partial charge in [-0.2, -0.15) is 0 Å². The average Bonchev–Trinajstić information content (AvgIpc) is 2.31. The number of rotatable bonds is 12. The van der Waals surface area contributed by atoms with Crippen molar-refractivity contribution >= 4 is 0 Å². The van der Waals surface area contributed by atoms with Crippen LogP contribution in [0.4, 0.5) is 0 Å². The smallest absolute Gasteiger partial charge is 0.0591 e. The lowest BCUT2D eigenvalue weighted by Gasteiger charge is -2.15. The minimum atomic E-state index is 0.761. The molecule has 0 aromatic rings. The van der Waals surface area contributed by atoms with E-state index in [-0.39, 0.29) is 0 Å². The second-order valence-corrected chi connectivity index (χ2v) is 5.04. The Morgan fingerprint density at radius 1 is 1.18 bits per heavy atom. The normalized spacial score (nSPS) is 13.2. The van der Waals surface area contributed by atoms with Crippen LogP contribution in [0.1, 0.15) is 39.5 Å².